The number of carboxylic acid groups (broad SMARTS) is 1. The van der Waals surface area contributed by atoms with E-state index in [4.69, 9.17) is 9.84 Å². The van der Waals surface area contributed by atoms with E-state index in [2.05, 4.69) is 0 Å². The van der Waals surface area contributed by atoms with Gasteiger partial charge in [0.1, 0.15) is 17.2 Å². The predicted octanol–water partition coefficient (Wildman–Crippen LogP) is 3.99. The Morgan fingerprint density at radius 2 is 1.95 bits per heavy atom. The van der Waals surface area contributed by atoms with Gasteiger partial charge >= 0.3 is 5.97 Å². The Balaban J connectivity index is 1.99. The molecule has 0 unspecified atom stereocenters. The number of aldehydes is 1. The van der Waals surface area contributed by atoms with Gasteiger partial charge in [-0.25, -0.2) is 4.79 Å². The molecule has 0 radical (unpaired) electrons. The van der Waals surface area contributed by atoms with E-state index in [1.807, 2.05) is 30.3 Å². The van der Waals surface area contributed by atoms with Crippen LogP contribution < -0.4 is 4.74 Å². The van der Waals surface area contributed by atoms with Crippen molar-refractivity contribution in [2.24, 2.45) is 0 Å². The highest BCUT2D eigenvalue weighted by Crippen LogP contribution is 2.35. The Morgan fingerprint density at radius 3 is 2.64 bits per heavy atom. The summed E-state index contributed by atoms with van der Waals surface area (Å²) in [5.41, 5.74) is 1.49. The molecule has 0 bridgehead atoms. The lowest BCUT2D eigenvalue weighted by Gasteiger charge is -2.08. The van der Waals surface area contributed by atoms with Gasteiger partial charge in [0, 0.05) is 15.6 Å². The fourth-order valence-electron chi connectivity index (χ4n) is 2.18. The van der Waals surface area contributed by atoms with Crippen molar-refractivity contribution in [1.29, 1.82) is 0 Å². The highest BCUT2D eigenvalue weighted by Gasteiger charge is 2.15. The van der Waals surface area contributed by atoms with E-state index >= 15 is 0 Å². The molecule has 1 heterocycles. The summed E-state index contributed by atoms with van der Waals surface area (Å²) in [7, 11) is 0. The monoisotopic (exact) mass is 312 g/mol. The number of carbonyl (C=O) groups excluding carboxylic acids is 1. The van der Waals surface area contributed by atoms with Crippen LogP contribution in [0.25, 0.3) is 10.1 Å². The second-order valence-electron chi connectivity index (χ2n) is 4.70. The molecule has 0 fully saturated rings. The van der Waals surface area contributed by atoms with E-state index in [1.54, 1.807) is 18.2 Å². The Hall–Kier alpha value is -2.66. The minimum absolute atomic E-state index is 0.189. The van der Waals surface area contributed by atoms with Crippen molar-refractivity contribution in [3.05, 3.63) is 64.5 Å². The van der Waals surface area contributed by atoms with Crippen molar-refractivity contribution in [3.63, 3.8) is 0 Å². The number of rotatable bonds is 5. The zero-order valence-corrected chi connectivity index (χ0v) is 12.3. The molecule has 0 saturated carbocycles. The number of fused-ring (bicyclic) bond motifs is 1. The summed E-state index contributed by atoms with van der Waals surface area (Å²) >= 11 is 1.08. The number of thiophene rings is 1. The molecule has 5 heteroatoms. The number of carbonyl (C=O) groups is 2. The van der Waals surface area contributed by atoms with E-state index in [9.17, 15) is 9.59 Å². The average Bonchev–Trinajstić information content (AvgIpc) is 2.99. The van der Waals surface area contributed by atoms with Gasteiger partial charge in [-0.1, -0.05) is 30.3 Å². The van der Waals surface area contributed by atoms with Gasteiger partial charge in [-0.05, 0) is 23.8 Å². The molecule has 0 aliphatic carbocycles. The van der Waals surface area contributed by atoms with E-state index in [1.165, 1.54) is 0 Å². The molecule has 110 valence electrons. The maximum absolute atomic E-state index is 11.1. The fourth-order valence-corrected chi connectivity index (χ4v) is 3.17. The third kappa shape index (κ3) is 2.71. The van der Waals surface area contributed by atoms with E-state index in [-0.39, 0.29) is 4.88 Å². The van der Waals surface area contributed by atoms with Crippen molar-refractivity contribution in [2.75, 3.05) is 0 Å². The molecular weight excluding hydrogens is 300 g/mol. The summed E-state index contributed by atoms with van der Waals surface area (Å²) in [4.78, 5) is 22.4. The molecule has 4 nitrogen and oxygen atoms in total. The highest BCUT2D eigenvalue weighted by molar-refractivity contribution is 7.21. The van der Waals surface area contributed by atoms with Crippen LogP contribution in [0.1, 0.15) is 25.6 Å². The van der Waals surface area contributed by atoms with Gasteiger partial charge < -0.3 is 9.84 Å². The zero-order chi connectivity index (χ0) is 15.5. The second kappa shape index (κ2) is 5.99. The Labute approximate surface area is 130 Å². The van der Waals surface area contributed by atoms with E-state index < -0.39 is 5.97 Å². The van der Waals surface area contributed by atoms with Crippen LogP contribution in [0.15, 0.2) is 48.5 Å². The van der Waals surface area contributed by atoms with Gasteiger partial charge in [0.15, 0.2) is 6.29 Å². The Kier molecular flexibility index (Phi) is 3.89. The molecule has 0 spiro atoms. The fraction of sp³-hybridized carbons (Fsp3) is 0.0588. The van der Waals surface area contributed by atoms with Gasteiger partial charge in [-0.2, -0.15) is 0 Å². The normalized spacial score (nSPS) is 10.5. The summed E-state index contributed by atoms with van der Waals surface area (Å²) in [5, 5.41) is 9.79. The standard InChI is InChI=1S/C17H12O4S/c18-9-12-6-7-14(21-10-11-4-2-1-3-5-11)13-8-15(17(19)20)22-16(12)13/h1-9H,10H2,(H,19,20). The number of hydrogen-bond donors (Lipinski definition) is 1. The van der Waals surface area contributed by atoms with Crippen molar-refractivity contribution in [2.45, 2.75) is 6.61 Å². The number of hydrogen-bond acceptors (Lipinski definition) is 4. The molecule has 3 aromatic rings. The van der Waals surface area contributed by atoms with Crippen molar-refractivity contribution < 1.29 is 19.4 Å². The molecular formula is C17H12O4S. The summed E-state index contributed by atoms with van der Waals surface area (Å²) < 4.78 is 6.43. The van der Waals surface area contributed by atoms with Crippen LogP contribution in [0.4, 0.5) is 0 Å². The molecule has 0 saturated heterocycles. The molecule has 1 aromatic heterocycles. The predicted molar refractivity (Wildman–Crippen MR) is 84.9 cm³/mol. The minimum Gasteiger partial charge on any atom is -0.488 e. The van der Waals surface area contributed by atoms with Gasteiger partial charge in [0.2, 0.25) is 0 Å². The maximum Gasteiger partial charge on any atom is 0.345 e. The first kappa shape index (κ1) is 14.3. The number of benzene rings is 2. The lowest BCUT2D eigenvalue weighted by atomic mass is 10.1. The summed E-state index contributed by atoms with van der Waals surface area (Å²) in [5.74, 6) is -0.430. The summed E-state index contributed by atoms with van der Waals surface area (Å²) in [6.07, 6.45) is 0.728. The number of carboxylic acids is 1. The van der Waals surface area contributed by atoms with Gasteiger partial charge in [-0.3, -0.25) is 4.79 Å². The Morgan fingerprint density at radius 1 is 1.18 bits per heavy atom. The van der Waals surface area contributed by atoms with Gasteiger partial charge in [0.05, 0.1) is 0 Å². The molecule has 2 aromatic carbocycles. The van der Waals surface area contributed by atoms with Crippen molar-refractivity contribution in [3.8, 4) is 5.75 Å². The largest absolute Gasteiger partial charge is 0.488 e. The third-order valence-electron chi connectivity index (χ3n) is 3.25. The molecule has 3 rings (SSSR count). The molecule has 22 heavy (non-hydrogen) atoms. The molecule has 0 aliphatic rings. The first-order valence-corrected chi connectivity index (χ1v) is 7.42. The van der Waals surface area contributed by atoms with Gasteiger partial charge in [-0.15, -0.1) is 11.3 Å². The first-order valence-electron chi connectivity index (χ1n) is 6.61. The number of ether oxygens (including phenoxy) is 1. The lowest BCUT2D eigenvalue weighted by molar-refractivity contribution is 0.0702. The van der Waals surface area contributed by atoms with E-state index in [0.29, 0.717) is 28.0 Å². The average molecular weight is 312 g/mol. The summed E-state index contributed by atoms with van der Waals surface area (Å²) in [6.45, 7) is 0.384. The molecule has 0 aliphatic heterocycles. The Bertz CT molecular complexity index is 836. The number of aromatic carboxylic acids is 1. The van der Waals surface area contributed by atoms with Crippen molar-refractivity contribution in [1.82, 2.24) is 0 Å². The van der Waals surface area contributed by atoms with Crippen LogP contribution in [0.5, 0.6) is 5.75 Å². The second-order valence-corrected chi connectivity index (χ2v) is 5.76. The first-order chi connectivity index (χ1) is 10.7. The van der Waals surface area contributed by atoms with Crippen molar-refractivity contribution >= 4 is 33.7 Å². The smallest absolute Gasteiger partial charge is 0.345 e. The maximum atomic E-state index is 11.1. The van der Waals surface area contributed by atoms with Crippen LogP contribution in [-0.2, 0) is 6.61 Å². The van der Waals surface area contributed by atoms with Crippen LogP contribution in [0.2, 0.25) is 0 Å². The topological polar surface area (TPSA) is 63.6 Å². The SMILES string of the molecule is O=Cc1ccc(OCc2ccccc2)c2cc(C(=O)O)sc12. The van der Waals surface area contributed by atoms with Crippen LogP contribution >= 0.6 is 11.3 Å². The molecule has 0 amide bonds. The molecule has 1 N–H and O–H groups in total. The van der Waals surface area contributed by atoms with E-state index in [0.717, 1.165) is 23.2 Å². The van der Waals surface area contributed by atoms with Crippen LogP contribution in [0.3, 0.4) is 0 Å². The molecule has 0 atom stereocenters. The quantitative estimate of drug-likeness (QED) is 0.723. The summed E-state index contributed by atoms with van der Waals surface area (Å²) in [6, 6.07) is 14.6. The zero-order valence-electron chi connectivity index (χ0n) is 11.5. The van der Waals surface area contributed by atoms with Crippen LogP contribution in [0, 0.1) is 0 Å². The lowest BCUT2D eigenvalue weighted by Crippen LogP contribution is -1.96. The minimum atomic E-state index is -1.01. The third-order valence-corrected chi connectivity index (χ3v) is 4.42. The van der Waals surface area contributed by atoms with Gasteiger partial charge in [0.25, 0.3) is 0 Å². The highest BCUT2D eigenvalue weighted by atomic mass is 32.1. The van der Waals surface area contributed by atoms with Crippen LogP contribution in [-0.4, -0.2) is 17.4 Å².